The molecule has 1 aromatic carbocycles. The van der Waals surface area contributed by atoms with Gasteiger partial charge < -0.3 is 29.0 Å². The minimum Gasteiger partial charge on any atom is -0.469 e. The van der Waals surface area contributed by atoms with Crippen LogP contribution in [0.25, 0.3) is 10.9 Å². The van der Waals surface area contributed by atoms with Gasteiger partial charge in [-0.25, -0.2) is 0 Å². The van der Waals surface area contributed by atoms with Crippen molar-refractivity contribution in [1.29, 1.82) is 0 Å². The first kappa shape index (κ1) is 25.5. The zero-order chi connectivity index (χ0) is 26.0. The predicted octanol–water partition coefficient (Wildman–Crippen LogP) is 2.31. The Morgan fingerprint density at radius 2 is 1.81 bits per heavy atom. The van der Waals surface area contributed by atoms with Gasteiger partial charge in [0.2, 0.25) is 18.1 Å². The molecule has 2 aromatic rings. The van der Waals surface area contributed by atoms with Crippen LogP contribution in [0.1, 0.15) is 50.4 Å². The number of ether oxygens (including phenoxy) is 3. The standard InChI is InChI=1S/C26H33N3O7/c1-5-15(3)22(25(32)29-9-7-16(8-10-29)26(33)34-4)27-24(31)18-13-28(6-2)19-12-21-20(35-14-36-21)11-17(19)23(18)30/h11-13,15-16,22H,5-10,14H2,1-4H3,(H,27,31). The molecule has 1 saturated heterocycles. The van der Waals surface area contributed by atoms with Gasteiger partial charge in [0.15, 0.2) is 11.5 Å². The Labute approximate surface area is 209 Å². The summed E-state index contributed by atoms with van der Waals surface area (Å²) in [6.07, 6.45) is 3.22. The highest BCUT2D eigenvalue weighted by molar-refractivity contribution is 6.00. The van der Waals surface area contributed by atoms with Crippen molar-refractivity contribution in [1.82, 2.24) is 14.8 Å². The van der Waals surface area contributed by atoms with E-state index in [1.807, 2.05) is 25.3 Å². The molecular weight excluding hydrogens is 466 g/mol. The van der Waals surface area contributed by atoms with E-state index in [0.717, 1.165) is 0 Å². The van der Waals surface area contributed by atoms with Crippen LogP contribution < -0.4 is 20.2 Å². The number of amides is 2. The van der Waals surface area contributed by atoms with E-state index in [1.54, 1.807) is 17.0 Å². The number of pyridine rings is 1. The van der Waals surface area contributed by atoms with Crippen molar-refractivity contribution in [2.45, 2.75) is 52.6 Å². The maximum Gasteiger partial charge on any atom is 0.308 e. The SMILES string of the molecule is CCC(C)C(NC(=O)c1cn(CC)c2cc3c(cc2c1=O)OCO3)C(=O)N1CCC(C(=O)OC)CC1. The van der Waals surface area contributed by atoms with Crippen molar-refractivity contribution in [2.24, 2.45) is 11.8 Å². The number of hydrogen-bond donors (Lipinski definition) is 1. The third-order valence-corrected chi connectivity index (χ3v) is 7.27. The fraction of sp³-hybridized carbons (Fsp3) is 0.538. The molecule has 1 fully saturated rings. The van der Waals surface area contributed by atoms with Crippen molar-refractivity contribution in [3.8, 4) is 11.5 Å². The van der Waals surface area contributed by atoms with Gasteiger partial charge in [-0.2, -0.15) is 0 Å². The fourth-order valence-corrected chi connectivity index (χ4v) is 4.80. The van der Waals surface area contributed by atoms with Crippen molar-refractivity contribution in [3.05, 3.63) is 34.1 Å². The Morgan fingerprint density at radius 1 is 1.14 bits per heavy atom. The van der Waals surface area contributed by atoms with Crippen LogP contribution in [-0.4, -0.2) is 60.3 Å². The van der Waals surface area contributed by atoms with E-state index in [-0.39, 0.29) is 36.1 Å². The number of esters is 1. The number of nitrogens with one attached hydrogen (secondary N) is 1. The molecule has 0 aliphatic carbocycles. The van der Waals surface area contributed by atoms with Gasteiger partial charge in [0.1, 0.15) is 11.6 Å². The summed E-state index contributed by atoms with van der Waals surface area (Å²) in [7, 11) is 1.36. The third kappa shape index (κ3) is 4.76. The zero-order valence-electron chi connectivity index (χ0n) is 21.2. The molecule has 0 saturated carbocycles. The zero-order valence-corrected chi connectivity index (χ0v) is 21.2. The quantitative estimate of drug-likeness (QED) is 0.581. The first-order valence-electron chi connectivity index (χ1n) is 12.4. The number of hydrogen-bond acceptors (Lipinski definition) is 7. The van der Waals surface area contributed by atoms with Crippen molar-refractivity contribution < 1.29 is 28.6 Å². The van der Waals surface area contributed by atoms with Crippen LogP contribution in [0.15, 0.2) is 23.1 Å². The second-order valence-corrected chi connectivity index (χ2v) is 9.34. The highest BCUT2D eigenvalue weighted by Gasteiger charge is 2.34. The first-order chi connectivity index (χ1) is 17.3. The molecule has 10 heteroatoms. The van der Waals surface area contributed by atoms with E-state index in [1.165, 1.54) is 13.3 Å². The summed E-state index contributed by atoms with van der Waals surface area (Å²) < 4.78 is 17.5. The summed E-state index contributed by atoms with van der Waals surface area (Å²) in [5.74, 6) is -0.424. The highest BCUT2D eigenvalue weighted by atomic mass is 16.7. The highest BCUT2D eigenvalue weighted by Crippen LogP contribution is 2.35. The molecular formula is C26H33N3O7. The number of fused-ring (bicyclic) bond motifs is 2. The third-order valence-electron chi connectivity index (χ3n) is 7.27. The van der Waals surface area contributed by atoms with Gasteiger partial charge in [0.25, 0.3) is 5.91 Å². The largest absolute Gasteiger partial charge is 0.469 e. The summed E-state index contributed by atoms with van der Waals surface area (Å²) in [5, 5.41) is 3.20. The molecule has 1 N–H and O–H groups in total. The van der Waals surface area contributed by atoms with E-state index >= 15 is 0 Å². The Hall–Kier alpha value is -3.56. The number of aromatic nitrogens is 1. The van der Waals surface area contributed by atoms with Crippen LogP contribution in [0.4, 0.5) is 0 Å². The second-order valence-electron chi connectivity index (χ2n) is 9.34. The van der Waals surface area contributed by atoms with Crippen LogP contribution in [0.3, 0.4) is 0 Å². The van der Waals surface area contributed by atoms with Crippen LogP contribution in [0.2, 0.25) is 0 Å². The molecule has 3 heterocycles. The van der Waals surface area contributed by atoms with E-state index in [4.69, 9.17) is 14.2 Å². The number of methoxy groups -OCH3 is 1. The monoisotopic (exact) mass is 499 g/mol. The van der Waals surface area contributed by atoms with E-state index in [0.29, 0.717) is 61.3 Å². The molecule has 36 heavy (non-hydrogen) atoms. The molecule has 2 unspecified atom stereocenters. The summed E-state index contributed by atoms with van der Waals surface area (Å²) in [6.45, 7) is 7.19. The van der Waals surface area contributed by atoms with Gasteiger partial charge in [-0.3, -0.25) is 19.2 Å². The molecule has 0 spiro atoms. The minimum atomic E-state index is -0.792. The van der Waals surface area contributed by atoms with Crippen molar-refractivity contribution >= 4 is 28.7 Å². The van der Waals surface area contributed by atoms with E-state index in [9.17, 15) is 19.2 Å². The Kier molecular flexibility index (Phi) is 7.51. The Bertz CT molecular complexity index is 1230. The Morgan fingerprint density at radius 3 is 2.42 bits per heavy atom. The lowest BCUT2D eigenvalue weighted by Crippen LogP contribution is -2.54. The van der Waals surface area contributed by atoms with Crippen LogP contribution in [0, 0.1) is 11.8 Å². The number of rotatable bonds is 7. The molecule has 194 valence electrons. The van der Waals surface area contributed by atoms with Gasteiger partial charge in [-0.1, -0.05) is 20.3 Å². The Balaban J connectivity index is 1.59. The van der Waals surface area contributed by atoms with Crippen molar-refractivity contribution in [3.63, 3.8) is 0 Å². The maximum absolute atomic E-state index is 13.4. The molecule has 2 amide bonds. The van der Waals surface area contributed by atoms with Gasteiger partial charge in [-0.15, -0.1) is 0 Å². The lowest BCUT2D eigenvalue weighted by molar-refractivity contribution is -0.149. The molecule has 0 radical (unpaired) electrons. The number of piperidine rings is 1. The molecule has 4 rings (SSSR count). The summed E-state index contributed by atoms with van der Waals surface area (Å²) in [4.78, 5) is 53.7. The van der Waals surface area contributed by atoms with Crippen LogP contribution in [-0.2, 0) is 20.9 Å². The van der Waals surface area contributed by atoms with E-state index < -0.39 is 17.4 Å². The molecule has 0 bridgehead atoms. The topological polar surface area (TPSA) is 116 Å². The smallest absolute Gasteiger partial charge is 0.308 e. The van der Waals surface area contributed by atoms with Gasteiger partial charge in [0.05, 0.1) is 23.9 Å². The van der Waals surface area contributed by atoms with Crippen LogP contribution in [0.5, 0.6) is 11.5 Å². The lowest BCUT2D eigenvalue weighted by atomic mass is 9.93. The molecule has 2 aliphatic heterocycles. The van der Waals surface area contributed by atoms with Gasteiger partial charge in [0, 0.05) is 31.9 Å². The van der Waals surface area contributed by atoms with Crippen molar-refractivity contribution in [2.75, 3.05) is 27.0 Å². The lowest BCUT2D eigenvalue weighted by Gasteiger charge is -2.35. The number of benzene rings is 1. The number of nitrogens with zero attached hydrogens (tertiary/aromatic N) is 2. The average molecular weight is 500 g/mol. The van der Waals surface area contributed by atoms with Gasteiger partial charge >= 0.3 is 5.97 Å². The molecule has 1 aromatic heterocycles. The molecule has 2 atom stereocenters. The number of carbonyl (C=O) groups excluding carboxylic acids is 3. The first-order valence-corrected chi connectivity index (χ1v) is 12.4. The fourth-order valence-electron chi connectivity index (χ4n) is 4.80. The summed E-state index contributed by atoms with van der Waals surface area (Å²) >= 11 is 0. The second kappa shape index (κ2) is 10.6. The number of carbonyl (C=O) groups is 3. The summed E-state index contributed by atoms with van der Waals surface area (Å²) in [5.41, 5.74) is 0.180. The molecule has 2 aliphatic rings. The maximum atomic E-state index is 13.4. The number of aryl methyl sites for hydroxylation is 1. The predicted molar refractivity (Wildman–Crippen MR) is 132 cm³/mol. The normalized spacial score (nSPS) is 17.1. The average Bonchev–Trinajstić information content (AvgIpc) is 3.37. The van der Waals surface area contributed by atoms with E-state index in [2.05, 4.69) is 5.32 Å². The summed E-state index contributed by atoms with van der Waals surface area (Å²) in [6, 6.07) is 2.55. The van der Waals surface area contributed by atoms with Gasteiger partial charge in [-0.05, 0) is 31.7 Å². The van der Waals surface area contributed by atoms with Crippen LogP contribution >= 0.6 is 0 Å². The molecule has 10 nitrogen and oxygen atoms in total. The minimum absolute atomic E-state index is 0.0336. The number of likely N-dealkylation sites (tertiary alicyclic amines) is 1.